The van der Waals surface area contributed by atoms with Crippen LogP contribution in [0.3, 0.4) is 0 Å². The quantitative estimate of drug-likeness (QED) is 0.724. The number of hydrogen-bond donors (Lipinski definition) is 2. The van der Waals surface area contributed by atoms with Gasteiger partial charge in [0.2, 0.25) is 5.91 Å². The molecule has 0 aromatic carbocycles. The maximum atomic E-state index is 11.1. The van der Waals surface area contributed by atoms with E-state index in [0.717, 1.165) is 19.4 Å². The minimum Gasteiger partial charge on any atom is -0.481 e. The summed E-state index contributed by atoms with van der Waals surface area (Å²) in [6.07, 6.45) is 1.73. The van der Waals surface area contributed by atoms with Gasteiger partial charge in [-0.15, -0.1) is 0 Å². The number of primary amides is 1. The molecule has 1 saturated heterocycles. The fraction of sp³-hybridized carbons (Fsp3) is 0.818. The van der Waals surface area contributed by atoms with E-state index in [1.54, 1.807) is 6.92 Å². The first-order valence-corrected chi connectivity index (χ1v) is 5.69. The zero-order chi connectivity index (χ0) is 12.3. The standard InChI is InChI=1S/C11H20N2O3/c1-7(11(15)16)8(2)13-5-3-4-9(6-13)10(12)14/h7-9H,3-6H2,1-2H3,(H2,12,14)(H,15,16). The van der Waals surface area contributed by atoms with Crippen molar-refractivity contribution in [3.63, 3.8) is 0 Å². The normalized spacial score (nSPS) is 26.0. The highest BCUT2D eigenvalue weighted by atomic mass is 16.4. The van der Waals surface area contributed by atoms with Crippen LogP contribution in [-0.4, -0.2) is 41.0 Å². The molecule has 16 heavy (non-hydrogen) atoms. The Balaban J connectivity index is 2.59. The van der Waals surface area contributed by atoms with E-state index >= 15 is 0 Å². The highest BCUT2D eigenvalue weighted by Gasteiger charge is 2.31. The number of aliphatic carboxylic acids is 1. The first-order valence-electron chi connectivity index (χ1n) is 5.69. The lowest BCUT2D eigenvalue weighted by Crippen LogP contribution is -2.48. The van der Waals surface area contributed by atoms with Gasteiger partial charge in [-0.1, -0.05) is 6.92 Å². The van der Waals surface area contributed by atoms with Gasteiger partial charge in [-0.25, -0.2) is 0 Å². The molecule has 0 saturated carbocycles. The van der Waals surface area contributed by atoms with Crippen LogP contribution in [0.1, 0.15) is 26.7 Å². The van der Waals surface area contributed by atoms with E-state index in [9.17, 15) is 9.59 Å². The number of piperidine rings is 1. The Morgan fingerprint density at radius 2 is 2.06 bits per heavy atom. The third-order valence-electron chi connectivity index (χ3n) is 3.54. The zero-order valence-electron chi connectivity index (χ0n) is 9.85. The minimum absolute atomic E-state index is 0.0559. The van der Waals surface area contributed by atoms with E-state index in [4.69, 9.17) is 10.8 Å². The van der Waals surface area contributed by atoms with Gasteiger partial charge in [-0.2, -0.15) is 0 Å². The van der Waals surface area contributed by atoms with Crippen LogP contribution in [-0.2, 0) is 9.59 Å². The molecule has 1 aliphatic rings. The molecular formula is C11H20N2O3. The molecule has 5 heteroatoms. The summed E-state index contributed by atoms with van der Waals surface area (Å²) >= 11 is 0. The van der Waals surface area contributed by atoms with Crippen molar-refractivity contribution in [2.45, 2.75) is 32.7 Å². The van der Waals surface area contributed by atoms with Crippen LogP contribution >= 0.6 is 0 Å². The molecule has 1 rings (SSSR count). The molecule has 0 bridgehead atoms. The van der Waals surface area contributed by atoms with Crippen molar-refractivity contribution >= 4 is 11.9 Å². The van der Waals surface area contributed by atoms with Gasteiger partial charge in [0, 0.05) is 12.6 Å². The molecule has 0 aromatic heterocycles. The Labute approximate surface area is 95.6 Å². The summed E-state index contributed by atoms with van der Waals surface area (Å²) in [5.41, 5.74) is 5.28. The van der Waals surface area contributed by atoms with E-state index < -0.39 is 11.9 Å². The lowest BCUT2D eigenvalue weighted by atomic mass is 9.93. The van der Waals surface area contributed by atoms with Crippen LogP contribution in [0.25, 0.3) is 0 Å². The Hall–Kier alpha value is -1.10. The minimum atomic E-state index is -0.798. The van der Waals surface area contributed by atoms with Gasteiger partial charge in [-0.3, -0.25) is 14.5 Å². The number of carbonyl (C=O) groups is 2. The van der Waals surface area contributed by atoms with Crippen molar-refractivity contribution in [3.8, 4) is 0 Å². The van der Waals surface area contributed by atoms with Gasteiger partial charge in [0.1, 0.15) is 0 Å². The van der Waals surface area contributed by atoms with Crippen molar-refractivity contribution < 1.29 is 14.7 Å². The second kappa shape index (κ2) is 5.30. The molecule has 1 heterocycles. The number of carboxylic acids is 1. The van der Waals surface area contributed by atoms with Crippen molar-refractivity contribution in [2.75, 3.05) is 13.1 Å². The maximum absolute atomic E-state index is 11.1. The fourth-order valence-corrected chi connectivity index (χ4v) is 2.13. The summed E-state index contributed by atoms with van der Waals surface area (Å²) < 4.78 is 0. The van der Waals surface area contributed by atoms with E-state index in [1.807, 2.05) is 6.92 Å². The summed E-state index contributed by atoms with van der Waals surface area (Å²) in [7, 11) is 0. The third kappa shape index (κ3) is 2.95. The topological polar surface area (TPSA) is 83.6 Å². The Bertz CT molecular complexity index is 268. The maximum Gasteiger partial charge on any atom is 0.307 e. The van der Waals surface area contributed by atoms with E-state index in [0.29, 0.717) is 6.54 Å². The van der Waals surface area contributed by atoms with E-state index in [2.05, 4.69) is 4.90 Å². The predicted molar refractivity (Wildman–Crippen MR) is 59.8 cm³/mol. The molecule has 92 valence electrons. The van der Waals surface area contributed by atoms with Gasteiger partial charge in [0.15, 0.2) is 0 Å². The molecule has 5 nitrogen and oxygen atoms in total. The van der Waals surface area contributed by atoms with Crippen molar-refractivity contribution in [1.29, 1.82) is 0 Å². The fourth-order valence-electron chi connectivity index (χ4n) is 2.13. The van der Waals surface area contributed by atoms with Crippen LogP contribution in [0.15, 0.2) is 0 Å². The molecule has 0 aromatic rings. The van der Waals surface area contributed by atoms with Crippen molar-refractivity contribution in [1.82, 2.24) is 4.90 Å². The van der Waals surface area contributed by atoms with Crippen LogP contribution < -0.4 is 5.73 Å². The molecule has 1 amide bonds. The smallest absolute Gasteiger partial charge is 0.307 e. The first kappa shape index (κ1) is 13.0. The Morgan fingerprint density at radius 3 is 2.56 bits per heavy atom. The summed E-state index contributed by atoms with van der Waals surface area (Å²) in [5, 5.41) is 8.94. The molecule has 3 N–H and O–H groups in total. The van der Waals surface area contributed by atoms with Crippen LogP contribution in [0.4, 0.5) is 0 Å². The van der Waals surface area contributed by atoms with Crippen LogP contribution in [0.2, 0.25) is 0 Å². The number of nitrogens with zero attached hydrogens (tertiary/aromatic N) is 1. The molecule has 0 spiro atoms. The first-order chi connectivity index (χ1) is 7.43. The Morgan fingerprint density at radius 1 is 1.44 bits per heavy atom. The van der Waals surface area contributed by atoms with E-state index in [-0.39, 0.29) is 17.9 Å². The molecule has 0 radical (unpaired) electrons. The van der Waals surface area contributed by atoms with E-state index in [1.165, 1.54) is 0 Å². The molecular weight excluding hydrogens is 208 g/mol. The third-order valence-corrected chi connectivity index (χ3v) is 3.54. The monoisotopic (exact) mass is 228 g/mol. The van der Waals surface area contributed by atoms with Gasteiger partial charge >= 0.3 is 5.97 Å². The number of carboxylic acid groups (broad SMARTS) is 1. The predicted octanol–water partition coefficient (Wildman–Crippen LogP) is 0.293. The van der Waals surface area contributed by atoms with Gasteiger partial charge in [0.25, 0.3) is 0 Å². The number of carbonyl (C=O) groups excluding carboxylic acids is 1. The molecule has 3 unspecified atom stereocenters. The summed E-state index contributed by atoms with van der Waals surface area (Å²) in [5.74, 6) is -1.63. The summed E-state index contributed by atoms with van der Waals surface area (Å²) in [6, 6.07) is -0.0559. The average molecular weight is 228 g/mol. The van der Waals surface area contributed by atoms with Gasteiger partial charge in [-0.05, 0) is 26.3 Å². The summed E-state index contributed by atoms with van der Waals surface area (Å²) in [4.78, 5) is 24.0. The van der Waals surface area contributed by atoms with Crippen molar-refractivity contribution in [2.24, 2.45) is 17.6 Å². The van der Waals surface area contributed by atoms with Crippen molar-refractivity contribution in [3.05, 3.63) is 0 Å². The number of likely N-dealkylation sites (tertiary alicyclic amines) is 1. The molecule has 3 atom stereocenters. The lowest BCUT2D eigenvalue weighted by Gasteiger charge is -2.37. The molecule has 0 aliphatic carbocycles. The van der Waals surface area contributed by atoms with Gasteiger partial charge < -0.3 is 10.8 Å². The highest BCUT2D eigenvalue weighted by molar-refractivity contribution is 5.77. The number of hydrogen-bond acceptors (Lipinski definition) is 3. The highest BCUT2D eigenvalue weighted by Crippen LogP contribution is 2.21. The SMILES string of the molecule is CC(C(=O)O)C(C)N1CCCC(C(N)=O)C1. The number of nitrogens with two attached hydrogens (primary N) is 1. The lowest BCUT2D eigenvalue weighted by molar-refractivity contribution is -0.143. The van der Waals surface area contributed by atoms with Crippen LogP contribution in [0, 0.1) is 11.8 Å². The molecule has 1 aliphatic heterocycles. The largest absolute Gasteiger partial charge is 0.481 e. The van der Waals surface area contributed by atoms with Crippen LogP contribution in [0.5, 0.6) is 0 Å². The Kier molecular flexibility index (Phi) is 4.29. The zero-order valence-corrected chi connectivity index (χ0v) is 9.85. The molecule has 1 fully saturated rings. The van der Waals surface area contributed by atoms with Gasteiger partial charge in [0.05, 0.1) is 11.8 Å². The second-order valence-corrected chi connectivity index (χ2v) is 4.60. The number of amides is 1. The average Bonchev–Trinajstić information content (AvgIpc) is 2.27. The number of rotatable bonds is 4. The summed E-state index contributed by atoms with van der Waals surface area (Å²) in [6.45, 7) is 5.03. The second-order valence-electron chi connectivity index (χ2n) is 4.60.